The van der Waals surface area contributed by atoms with Gasteiger partial charge in [0.05, 0.1) is 12.5 Å². The highest BCUT2D eigenvalue weighted by Crippen LogP contribution is 2.24. The summed E-state index contributed by atoms with van der Waals surface area (Å²) in [5.74, 6) is 1.43. The minimum absolute atomic E-state index is 0.0516. The van der Waals surface area contributed by atoms with Gasteiger partial charge < -0.3 is 24.8 Å². The number of benzene rings is 2. The molecule has 2 aromatic carbocycles. The average Bonchev–Trinajstić information content (AvgIpc) is 2.65. The molecule has 0 saturated heterocycles. The van der Waals surface area contributed by atoms with E-state index in [4.69, 9.17) is 26.2 Å². The second-order valence-corrected chi connectivity index (χ2v) is 5.62. The zero-order valence-electron chi connectivity index (χ0n) is 13.1. The lowest BCUT2D eigenvalue weighted by Crippen LogP contribution is -2.21. The van der Waals surface area contributed by atoms with Gasteiger partial charge in [-0.1, -0.05) is 24.3 Å². The van der Waals surface area contributed by atoms with Crippen LogP contribution in [0.4, 0.5) is 0 Å². The SMILES string of the molecule is OCC(O)COc1ccc(-c2ccc(OCC(O)CCl)cc2)cc1. The van der Waals surface area contributed by atoms with Crippen molar-refractivity contribution in [2.24, 2.45) is 0 Å². The van der Waals surface area contributed by atoms with Crippen molar-refractivity contribution in [1.29, 1.82) is 0 Å². The third kappa shape index (κ3) is 5.69. The molecule has 0 aliphatic rings. The number of alkyl halides is 1. The summed E-state index contributed by atoms with van der Waals surface area (Å²) >= 11 is 5.52. The zero-order chi connectivity index (χ0) is 17.4. The lowest BCUT2D eigenvalue weighted by molar-refractivity contribution is 0.0536. The molecule has 0 spiro atoms. The van der Waals surface area contributed by atoms with Gasteiger partial charge in [0.25, 0.3) is 0 Å². The first-order valence-corrected chi connectivity index (χ1v) is 8.15. The van der Waals surface area contributed by atoms with Crippen LogP contribution in [0.2, 0.25) is 0 Å². The van der Waals surface area contributed by atoms with Gasteiger partial charge in [0, 0.05) is 0 Å². The van der Waals surface area contributed by atoms with Gasteiger partial charge >= 0.3 is 0 Å². The van der Waals surface area contributed by atoms with E-state index in [2.05, 4.69) is 0 Å². The third-order valence-corrected chi connectivity index (χ3v) is 3.67. The topological polar surface area (TPSA) is 79.2 Å². The Bertz CT molecular complexity index is 544. The van der Waals surface area contributed by atoms with Crippen LogP contribution in [-0.4, -0.2) is 53.2 Å². The second kappa shape index (κ2) is 9.49. The second-order valence-electron chi connectivity index (χ2n) is 5.32. The summed E-state index contributed by atoms with van der Waals surface area (Å²) in [6.45, 7) is -0.112. The molecule has 2 aromatic rings. The van der Waals surface area contributed by atoms with Crippen LogP contribution in [0, 0.1) is 0 Å². The molecule has 2 rings (SSSR count). The smallest absolute Gasteiger partial charge is 0.119 e. The van der Waals surface area contributed by atoms with Gasteiger partial charge in [-0.15, -0.1) is 11.6 Å². The Morgan fingerprint density at radius 2 is 1.17 bits per heavy atom. The molecule has 3 N–H and O–H groups in total. The molecule has 0 radical (unpaired) electrons. The lowest BCUT2D eigenvalue weighted by Gasteiger charge is -2.11. The first-order valence-electron chi connectivity index (χ1n) is 7.61. The van der Waals surface area contributed by atoms with E-state index < -0.39 is 12.2 Å². The van der Waals surface area contributed by atoms with Crippen LogP contribution >= 0.6 is 11.6 Å². The van der Waals surface area contributed by atoms with Gasteiger partial charge in [0.2, 0.25) is 0 Å². The van der Waals surface area contributed by atoms with E-state index in [1.165, 1.54) is 0 Å². The molecule has 0 bridgehead atoms. The molecular formula is C18H21ClO5. The highest BCUT2D eigenvalue weighted by atomic mass is 35.5. The summed E-state index contributed by atoms with van der Waals surface area (Å²) in [6.07, 6.45) is -1.56. The van der Waals surface area contributed by atoms with Crippen molar-refractivity contribution < 1.29 is 24.8 Å². The van der Waals surface area contributed by atoms with Crippen LogP contribution in [0.15, 0.2) is 48.5 Å². The maximum absolute atomic E-state index is 9.37. The highest BCUT2D eigenvalue weighted by molar-refractivity contribution is 6.18. The van der Waals surface area contributed by atoms with E-state index >= 15 is 0 Å². The Kier molecular flexibility index (Phi) is 7.34. The highest BCUT2D eigenvalue weighted by Gasteiger charge is 2.05. The van der Waals surface area contributed by atoms with Gasteiger partial charge in [-0.05, 0) is 35.4 Å². The Labute approximate surface area is 146 Å². The summed E-state index contributed by atoms with van der Waals surface area (Å²) in [5.41, 5.74) is 2.03. The molecule has 0 fully saturated rings. The first kappa shape index (κ1) is 18.5. The molecule has 130 valence electrons. The molecule has 2 atom stereocenters. The molecule has 0 amide bonds. The van der Waals surface area contributed by atoms with E-state index in [0.717, 1.165) is 11.1 Å². The van der Waals surface area contributed by atoms with Crippen molar-refractivity contribution >= 4 is 11.6 Å². The van der Waals surface area contributed by atoms with E-state index in [9.17, 15) is 10.2 Å². The number of hydrogen-bond acceptors (Lipinski definition) is 5. The fourth-order valence-corrected chi connectivity index (χ4v) is 2.06. The van der Waals surface area contributed by atoms with Crippen LogP contribution < -0.4 is 9.47 Å². The van der Waals surface area contributed by atoms with Crippen molar-refractivity contribution in [1.82, 2.24) is 0 Å². The Morgan fingerprint density at radius 1 is 0.750 bits per heavy atom. The first-order chi connectivity index (χ1) is 11.6. The Morgan fingerprint density at radius 3 is 1.54 bits per heavy atom. The molecule has 5 nitrogen and oxygen atoms in total. The fraction of sp³-hybridized carbons (Fsp3) is 0.333. The molecule has 2 unspecified atom stereocenters. The zero-order valence-corrected chi connectivity index (χ0v) is 13.9. The largest absolute Gasteiger partial charge is 0.491 e. The van der Waals surface area contributed by atoms with Crippen molar-refractivity contribution in [2.75, 3.05) is 25.7 Å². The van der Waals surface area contributed by atoms with Crippen molar-refractivity contribution in [3.05, 3.63) is 48.5 Å². The summed E-state index contributed by atoms with van der Waals surface area (Å²) in [4.78, 5) is 0. The quantitative estimate of drug-likeness (QED) is 0.602. The number of hydrogen-bond donors (Lipinski definition) is 3. The maximum atomic E-state index is 9.37. The Balaban J connectivity index is 1.93. The van der Waals surface area contributed by atoms with Crippen LogP contribution in [0.25, 0.3) is 11.1 Å². The predicted octanol–water partition coefficient (Wildman–Crippen LogP) is 2.06. The van der Waals surface area contributed by atoms with Gasteiger partial charge in [0.15, 0.2) is 0 Å². The summed E-state index contributed by atoms with van der Waals surface area (Å²) in [6, 6.07) is 14.9. The van der Waals surface area contributed by atoms with Gasteiger partial charge in [-0.2, -0.15) is 0 Å². The van der Waals surface area contributed by atoms with E-state index in [-0.39, 0.29) is 25.7 Å². The number of rotatable bonds is 9. The number of aliphatic hydroxyl groups excluding tert-OH is 3. The normalized spacial score (nSPS) is 13.3. The maximum Gasteiger partial charge on any atom is 0.119 e. The van der Waals surface area contributed by atoms with Crippen molar-refractivity contribution in [3.8, 4) is 22.6 Å². The van der Waals surface area contributed by atoms with Gasteiger partial charge in [-0.25, -0.2) is 0 Å². The van der Waals surface area contributed by atoms with Crippen LogP contribution in [0.1, 0.15) is 0 Å². The van der Waals surface area contributed by atoms with E-state index in [1.807, 2.05) is 36.4 Å². The van der Waals surface area contributed by atoms with Gasteiger partial charge in [-0.3, -0.25) is 0 Å². The number of ether oxygens (including phenoxy) is 2. The average molecular weight is 353 g/mol. The molecule has 6 heteroatoms. The summed E-state index contributed by atoms with van der Waals surface area (Å²) < 4.78 is 10.8. The summed E-state index contributed by atoms with van der Waals surface area (Å²) in [5, 5.41) is 27.4. The standard InChI is InChI=1S/C18H21ClO5/c19-9-15(21)11-23-17-5-1-13(2-6-17)14-3-7-18(8-4-14)24-12-16(22)10-20/h1-8,15-16,20-22H,9-12H2. The molecule has 24 heavy (non-hydrogen) atoms. The van der Waals surface area contributed by atoms with Gasteiger partial charge in [0.1, 0.15) is 36.9 Å². The lowest BCUT2D eigenvalue weighted by atomic mass is 10.1. The molecule has 0 aliphatic carbocycles. The monoisotopic (exact) mass is 352 g/mol. The van der Waals surface area contributed by atoms with Crippen LogP contribution in [0.5, 0.6) is 11.5 Å². The van der Waals surface area contributed by atoms with E-state index in [1.54, 1.807) is 12.1 Å². The van der Waals surface area contributed by atoms with Crippen molar-refractivity contribution in [2.45, 2.75) is 12.2 Å². The molecule has 0 aliphatic heterocycles. The summed E-state index contributed by atoms with van der Waals surface area (Å²) in [7, 11) is 0. The van der Waals surface area contributed by atoms with Crippen LogP contribution in [-0.2, 0) is 0 Å². The molecular weight excluding hydrogens is 332 g/mol. The molecule has 0 saturated carbocycles. The number of aliphatic hydroxyl groups is 3. The minimum Gasteiger partial charge on any atom is -0.491 e. The predicted molar refractivity (Wildman–Crippen MR) is 92.7 cm³/mol. The minimum atomic E-state index is -0.880. The van der Waals surface area contributed by atoms with Crippen molar-refractivity contribution in [3.63, 3.8) is 0 Å². The molecule has 0 aromatic heterocycles. The third-order valence-electron chi connectivity index (χ3n) is 3.32. The van der Waals surface area contributed by atoms with E-state index in [0.29, 0.717) is 11.5 Å². The fourth-order valence-electron chi connectivity index (χ4n) is 1.97. The Hall–Kier alpha value is -1.79. The number of halogens is 1. The molecule has 0 heterocycles. The van der Waals surface area contributed by atoms with Crippen LogP contribution in [0.3, 0.4) is 0 Å².